The molecule has 0 bridgehead atoms. The Morgan fingerprint density at radius 1 is 1.44 bits per heavy atom. The van der Waals surface area contributed by atoms with Gasteiger partial charge in [0.1, 0.15) is 0 Å². The van der Waals surface area contributed by atoms with Gasteiger partial charge in [-0.1, -0.05) is 0 Å². The Bertz CT molecular complexity index is 656. The van der Waals surface area contributed by atoms with Gasteiger partial charge in [-0.2, -0.15) is 0 Å². The number of fused-ring (bicyclic) bond motifs is 1. The lowest BCUT2D eigenvalue weighted by Crippen LogP contribution is -1.77. The number of rotatable bonds is 1. The molecule has 80 valence electrons. The fourth-order valence-corrected chi connectivity index (χ4v) is 3.08. The van der Waals surface area contributed by atoms with E-state index in [1.165, 1.54) is 0 Å². The van der Waals surface area contributed by atoms with E-state index in [-0.39, 0.29) is 0 Å². The molecule has 0 aromatic carbocycles. The zero-order valence-electron chi connectivity index (χ0n) is 8.49. The van der Waals surface area contributed by atoms with Crippen molar-refractivity contribution in [3.63, 3.8) is 0 Å². The first-order valence-electron chi connectivity index (χ1n) is 4.80. The maximum absolute atomic E-state index is 4.47. The van der Waals surface area contributed by atoms with Crippen molar-refractivity contribution in [1.29, 1.82) is 0 Å². The van der Waals surface area contributed by atoms with E-state index in [2.05, 4.69) is 36.9 Å². The van der Waals surface area contributed by atoms with Gasteiger partial charge in [-0.05, 0) is 45.9 Å². The third-order valence-corrected chi connectivity index (χ3v) is 4.15. The molecule has 3 nitrogen and oxygen atoms in total. The smallest absolute Gasteiger partial charge is 0.178 e. The van der Waals surface area contributed by atoms with Crippen LogP contribution in [0.2, 0.25) is 0 Å². The highest BCUT2D eigenvalue weighted by atomic mass is 79.9. The normalized spacial score (nSPS) is 11.1. The SMILES string of the molecule is Cc1cnc2nc(-c3sccc3Br)[nH]c2c1. The fraction of sp³-hybridized carbons (Fsp3) is 0.0909. The van der Waals surface area contributed by atoms with E-state index in [0.717, 1.165) is 31.9 Å². The van der Waals surface area contributed by atoms with E-state index in [1.54, 1.807) is 11.3 Å². The molecule has 1 N–H and O–H groups in total. The average molecular weight is 294 g/mol. The summed E-state index contributed by atoms with van der Waals surface area (Å²) in [6, 6.07) is 4.08. The standard InChI is InChI=1S/C11H8BrN3S/c1-6-4-8-10(13-5-6)15-11(14-8)9-7(12)2-3-16-9/h2-5H,1H3,(H,13,14,15). The van der Waals surface area contributed by atoms with Gasteiger partial charge >= 0.3 is 0 Å². The van der Waals surface area contributed by atoms with Crippen LogP contribution >= 0.6 is 27.3 Å². The number of nitrogens with one attached hydrogen (secondary N) is 1. The Labute approximate surface area is 105 Å². The number of thiophene rings is 1. The molecule has 0 unspecified atom stereocenters. The van der Waals surface area contributed by atoms with Gasteiger partial charge in [0.05, 0.1) is 10.4 Å². The highest BCUT2D eigenvalue weighted by Gasteiger charge is 2.10. The zero-order valence-corrected chi connectivity index (χ0v) is 10.9. The Hall–Kier alpha value is -1.20. The van der Waals surface area contributed by atoms with Crippen LogP contribution in [0.1, 0.15) is 5.56 Å². The van der Waals surface area contributed by atoms with Crippen molar-refractivity contribution in [3.05, 3.63) is 33.7 Å². The molecule has 0 aliphatic carbocycles. The Kier molecular flexibility index (Phi) is 2.29. The molecule has 0 aliphatic rings. The van der Waals surface area contributed by atoms with Crippen LogP contribution in [0.5, 0.6) is 0 Å². The molecular weight excluding hydrogens is 286 g/mol. The zero-order chi connectivity index (χ0) is 11.1. The number of pyridine rings is 1. The summed E-state index contributed by atoms with van der Waals surface area (Å²) in [6.45, 7) is 2.02. The topological polar surface area (TPSA) is 41.6 Å². The summed E-state index contributed by atoms with van der Waals surface area (Å²) in [6.07, 6.45) is 1.83. The minimum atomic E-state index is 0.765. The highest BCUT2D eigenvalue weighted by molar-refractivity contribution is 9.10. The molecule has 0 saturated heterocycles. The first kappa shape index (κ1) is 9.99. The van der Waals surface area contributed by atoms with Crippen molar-refractivity contribution in [2.45, 2.75) is 6.92 Å². The monoisotopic (exact) mass is 293 g/mol. The second-order valence-electron chi connectivity index (χ2n) is 3.57. The predicted molar refractivity (Wildman–Crippen MR) is 69.6 cm³/mol. The van der Waals surface area contributed by atoms with Crippen LogP contribution in [0.15, 0.2) is 28.2 Å². The number of aryl methyl sites for hydroxylation is 1. The van der Waals surface area contributed by atoms with Crippen LogP contribution in [0.4, 0.5) is 0 Å². The Morgan fingerprint density at radius 2 is 2.31 bits per heavy atom. The molecule has 0 radical (unpaired) electrons. The van der Waals surface area contributed by atoms with Crippen molar-refractivity contribution >= 4 is 38.4 Å². The van der Waals surface area contributed by atoms with E-state index in [4.69, 9.17) is 0 Å². The maximum Gasteiger partial charge on any atom is 0.178 e. The van der Waals surface area contributed by atoms with E-state index in [1.807, 2.05) is 24.6 Å². The summed E-state index contributed by atoms with van der Waals surface area (Å²) < 4.78 is 1.06. The molecule has 0 amide bonds. The molecule has 0 fully saturated rings. The molecule has 0 saturated carbocycles. The van der Waals surface area contributed by atoms with Crippen LogP contribution in [0.25, 0.3) is 21.9 Å². The van der Waals surface area contributed by atoms with Gasteiger partial charge in [0, 0.05) is 10.7 Å². The van der Waals surface area contributed by atoms with Crippen LogP contribution in [-0.2, 0) is 0 Å². The van der Waals surface area contributed by atoms with E-state index < -0.39 is 0 Å². The molecular formula is C11H8BrN3S. The molecule has 5 heteroatoms. The highest BCUT2D eigenvalue weighted by Crippen LogP contribution is 2.32. The molecule has 3 aromatic heterocycles. The number of H-pyrrole nitrogens is 1. The van der Waals surface area contributed by atoms with Crippen molar-refractivity contribution in [3.8, 4) is 10.7 Å². The number of hydrogen-bond acceptors (Lipinski definition) is 3. The molecule has 3 aromatic rings. The quantitative estimate of drug-likeness (QED) is 0.742. The molecule has 3 heterocycles. The van der Waals surface area contributed by atoms with Crippen molar-refractivity contribution in [1.82, 2.24) is 15.0 Å². The molecule has 0 spiro atoms. The van der Waals surface area contributed by atoms with Crippen LogP contribution < -0.4 is 0 Å². The van der Waals surface area contributed by atoms with Gasteiger partial charge < -0.3 is 4.98 Å². The summed E-state index contributed by atoms with van der Waals surface area (Å²) in [4.78, 5) is 13.2. The van der Waals surface area contributed by atoms with Crippen molar-refractivity contribution < 1.29 is 0 Å². The first-order chi connectivity index (χ1) is 7.74. The van der Waals surface area contributed by atoms with Crippen molar-refractivity contribution in [2.75, 3.05) is 0 Å². The number of aromatic nitrogens is 3. The largest absolute Gasteiger partial charge is 0.336 e. The maximum atomic E-state index is 4.47. The van der Waals surface area contributed by atoms with Crippen LogP contribution in [0.3, 0.4) is 0 Å². The number of imidazole rings is 1. The van der Waals surface area contributed by atoms with Gasteiger partial charge in [-0.15, -0.1) is 11.3 Å². The van der Waals surface area contributed by atoms with Gasteiger partial charge in [-0.3, -0.25) is 0 Å². The summed E-state index contributed by atoms with van der Waals surface area (Å²) in [5, 5.41) is 2.03. The Balaban J connectivity index is 2.23. The second-order valence-corrected chi connectivity index (χ2v) is 5.34. The number of nitrogens with zero attached hydrogens (tertiary/aromatic N) is 2. The van der Waals surface area contributed by atoms with Gasteiger partial charge in [0.2, 0.25) is 0 Å². The first-order valence-corrected chi connectivity index (χ1v) is 6.47. The number of aromatic amines is 1. The van der Waals surface area contributed by atoms with E-state index in [9.17, 15) is 0 Å². The van der Waals surface area contributed by atoms with Gasteiger partial charge in [-0.25, -0.2) is 9.97 Å². The molecule has 3 rings (SSSR count). The van der Waals surface area contributed by atoms with E-state index >= 15 is 0 Å². The Morgan fingerprint density at radius 3 is 3.06 bits per heavy atom. The summed E-state index contributed by atoms with van der Waals surface area (Å²) in [7, 11) is 0. The summed E-state index contributed by atoms with van der Waals surface area (Å²) >= 11 is 5.16. The third-order valence-electron chi connectivity index (χ3n) is 2.31. The van der Waals surface area contributed by atoms with Crippen molar-refractivity contribution in [2.24, 2.45) is 0 Å². The predicted octanol–water partition coefficient (Wildman–Crippen LogP) is 3.76. The lowest BCUT2D eigenvalue weighted by molar-refractivity contribution is 1.29. The second kappa shape index (κ2) is 3.68. The van der Waals surface area contributed by atoms with Crippen LogP contribution in [-0.4, -0.2) is 15.0 Å². The summed E-state index contributed by atoms with van der Waals surface area (Å²) in [5.41, 5.74) is 2.88. The number of hydrogen-bond donors (Lipinski definition) is 1. The van der Waals surface area contributed by atoms with Gasteiger partial charge in [0.15, 0.2) is 11.5 Å². The van der Waals surface area contributed by atoms with E-state index in [0.29, 0.717) is 0 Å². The number of halogens is 1. The summed E-state index contributed by atoms with van der Waals surface area (Å²) in [5.74, 6) is 0.870. The minimum Gasteiger partial charge on any atom is -0.336 e. The molecule has 16 heavy (non-hydrogen) atoms. The van der Waals surface area contributed by atoms with Gasteiger partial charge in [0.25, 0.3) is 0 Å². The third kappa shape index (κ3) is 1.56. The lowest BCUT2D eigenvalue weighted by Gasteiger charge is -1.90. The molecule has 0 atom stereocenters. The average Bonchev–Trinajstić information content (AvgIpc) is 2.82. The minimum absolute atomic E-state index is 0.765. The lowest BCUT2D eigenvalue weighted by atomic mass is 10.3. The fourth-order valence-electron chi connectivity index (χ4n) is 1.57. The van der Waals surface area contributed by atoms with Crippen LogP contribution in [0, 0.1) is 6.92 Å². The molecule has 0 aliphatic heterocycles.